The Morgan fingerprint density at radius 2 is 2.00 bits per heavy atom. The molecule has 3 rings (SSSR count). The summed E-state index contributed by atoms with van der Waals surface area (Å²) in [7, 11) is 1.57. The van der Waals surface area contributed by atoms with Crippen molar-refractivity contribution in [3.05, 3.63) is 68.6 Å². The fraction of sp³-hybridized carbons (Fsp3) is 0.111. The van der Waals surface area contributed by atoms with Crippen LogP contribution in [0.3, 0.4) is 0 Å². The molecule has 8 heteroatoms. The molecular weight excluding hydrogens is 354 g/mol. The number of hydrogen-bond donors (Lipinski definition) is 1. The molecule has 0 unspecified atom stereocenters. The number of phenols is 1. The van der Waals surface area contributed by atoms with Crippen LogP contribution < -0.4 is 0 Å². The molecule has 1 fully saturated rings. The highest BCUT2D eigenvalue weighted by Gasteiger charge is 2.31. The molecule has 0 saturated carbocycles. The van der Waals surface area contributed by atoms with Crippen molar-refractivity contribution in [1.29, 1.82) is 0 Å². The second-order valence-electron chi connectivity index (χ2n) is 5.68. The van der Waals surface area contributed by atoms with Gasteiger partial charge in [0, 0.05) is 13.1 Å². The van der Waals surface area contributed by atoms with Gasteiger partial charge in [0.25, 0.3) is 11.6 Å². The molecule has 132 valence electrons. The summed E-state index contributed by atoms with van der Waals surface area (Å²) in [5, 5.41) is 21.5. The van der Waals surface area contributed by atoms with Crippen LogP contribution in [0.5, 0.6) is 5.75 Å². The van der Waals surface area contributed by atoms with Gasteiger partial charge in [-0.3, -0.25) is 19.8 Å². The fourth-order valence-electron chi connectivity index (χ4n) is 2.40. The third-order valence-electron chi connectivity index (χ3n) is 3.77. The second kappa shape index (κ2) is 7.01. The molecule has 0 bridgehead atoms. The quantitative estimate of drug-likeness (QED) is 0.504. The summed E-state index contributed by atoms with van der Waals surface area (Å²) in [6.07, 6.45) is 1.49. The minimum absolute atomic E-state index is 0.0232. The zero-order valence-electron chi connectivity index (χ0n) is 14.0. The molecule has 2 aromatic carbocycles. The summed E-state index contributed by atoms with van der Waals surface area (Å²) >= 11 is 1.10. The minimum atomic E-state index is -0.487. The van der Waals surface area contributed by atoms with Crippen LogP contribution in [0.1, 0.15) is 11.1 Å². The lowest BCUT2D eigenvalue weighted by molar-refractivity contribution is -0.385. The van der Waals surface area contributed by atoms with E-state index >= 15 is 0 Å². The Morgan fingerprint density at radius 3 is 2.69 bits per heavy atom. The number of nitro groups is 1. The molecule has 1 aliphatic heterocycles. The molecule has 0 atom stereocenters. The first-order valence-corrected chi connectivity index (χ1v) is 8.48. The Labute approximate surface area is 153 Å². The van der Waals surface area contributed by atoms with Gasteiger partial charge in [0.15, 0.2) is 5.17 Å². The van der Waals surface area contributed by atoms with Crippen LogP contribution in [-0.4, -0.2) is 33.1 Å². The molecule has 26 heavy (non-hydrogen) atoms. The molecule has 1 saturated heterocycles. The van der Waals surface area contributed by atoms with E-state index in [4.69, 9.17) is 0 Å². The number of likely N-dealkylation sites (N-methyl/N-ethyl adjacent to an activating group) is 1. The Hall–Kier alpha value is -3.13. The summed E-state index contributed by atoms with van der Waals surface area (Å²) in [6, 6.07) is 11.3. The van der Waals surface area contributed by atoms with E-state index in [2.05, 4.69) is 4.99 Å². The number of amides is 1. The second-order valence-corrected chi connectivity index (χ2v) is 6.69. The highest BCUT2D eigenvalue weighted by molar-refractivity contribution is 8.18. The standard InChI is InChI=1S/C18H15N3O4S/c1-11-7-8-13(15(22)9-11)19-18-20(2)17(23)16(26-18)10-12-5-3-4-6-14(12)21(24)25/h3-10,22H,1-2H3/b16-10-,19-18?. The van der Waals surface area contributed by atoms with Crippen molar-refractivity contribution >= 4 is 40.3 Å². The zero-order valence-corrected chi connectivity index (χ0v) is 14.9. The lowest BCUT2D eigenvalue weighted by Crippen LogP contribution is -2.23. The first-order valence-electron chi connectivity index (χ1n) is 7.66. The Morgan fingerprint density at radius 1 is 1.27 bits per heavy atom. The number of rotatable bonds is 3. The average Bonchev–Trinajstić information content (AvgIpc) is 2.86. The monoisotopic (exact) mass is 369 g/mol. The van der Waals surface area contributed by atoms with Crippen molar-refractivity contribution in [3.8, 4) is 5.75 Å². The third kappa shape index (κ3) is 3.45. The zero-order chi connectivity index (χ0) is 18.8. The number of amidine groups is 1. The molecule has 7 nitrogen and oxygen atoms in total. The number of aromatic hydroxyl groups is 1. The smallest absolute Gasteiger partial charge is 0.276 e. The lowest BCUT2D eigenvalue weighted by atomic mass is 10.1. The molecule has 1 amide bonds. The number of aliphatic imine (C=N–C) groups is 1. The molecule has 0 spiro atoms. The minimum Gasteiger partial charge on any atom is -0.506 e. The molecular formula is C18H15N3O4S. The van der Waals surface area contributed by atoms with Gasteiger partial charge in [-0.05, 0) is 48.5 Å². The number of phenolic OH excluding ortho intramolecular Hbond substituents is 1. The number of thioether (sulfide) groups is 1. The maximum atomic E-state index is 12.5. The average molecular weight is 369 g/mol. The van der Waals surface area contributed by atoms with Crippen molar-refractivity contribution < 1.29 is 14.8 Å². The predicted molar refractivity (Wildman–Crippen MR) is 101 cm³/mol. The van der Waals surface area contributed by atoms with Crippen LogP contribution in [-0.2, 0) is 4.79 Å². The van der Waals surface area contributed by atoms with Gasteiger partial charge in [-0.25, -0.2) is 4.99 Å². The van der Waals surface area contributed by atoms with E-state index in [1.54, 1.807) is 37.4 Å². The topological polar surface area (TPSA) is 96.0 Å². The number of carbonyl (C=O) groups excluding carboxylic acids is 1. The van der Waals surface area contributed by atoms with E-state index in [1.807, 2.05) is 13.0 Å². The molecule has 0 aliphatic carbocycles. The third-order valence-corrected chi connectivity index (χ3v) is 4.83. The summed E-state index contributed by atoms with van der Waals surface area (Å²) in [5.41, 5.74) is 1.52. The number of nitro benzene ring substituents is 1. The van der Waals surface area contributed by atoms with Gasteiger partial charge in [-0.15, -0.1) is 0 Å². The highest BCUT2D eigenvalue weighted by Crippen LogP contribution is 2.36. The molecule has 0 radical (unpaired) electrons. The SMILES string of the molecule is Cc1ccc(N=C2S/C(=C\c3ccccc3[N+](=O)[O-])C(=O)N2C)c(O)c1. The number of aryl methyl sites for hydroxylation is 1. The van der Waals surface area contributed by atoms with Gasteiger partial charge in [0.05, 0.1) is 15.4 Å². The number of hydrogen-bond acceptors (Lipinski definition) is 6. The van der Waals surface area contributed by atoms with E-state index in [0.717, 1.165) is 17.3 Å². The maximum Gasteiger partial charge on any atom is 0.276 e. The van der Waals surface area contributed by atoms with E-state index < -0.39 is 4.92 Å². The molecule has 0 aromatic heterocycles. The molecule has 2 aromatic rings. The van der Waals surface area contributed by atoms with E-state index in [0.29, 0.717) is 21.3 Å². The number of benzene rings is 2. The van der Waals surface area contributed by atoms with Crippen molar-refractivity contribution in [2.24, 2.45) is 4.99 Å². The first kappa shape index (κ1) is 17.7. The van der Waals surface area contributed by atoms with Crippen molar-refractivity contribution in [2.75, 3.05) is 7.05 Å². The van der Waals surface area contributed by atoms with Crippen LogP contribution in [0.15, 0.2) is 52.4 Å². The number of carbonyl (C=O) groups is 1. The fourth-order valence-corrected chi connectivity index (χ4v) is 3.37. The van der Waals surface area contributed by atoms with Gasteiger partial charge in [-0.1, -0.05) is 18.2 Å². The van der Waals surface area contributed by atoms with Gasteiger partial charge in [-0.2, -0.15) is 0 Å². The maximum absolute atomic E-state index is 12.5. The largest absolute Gasteiger partial charge is 0.506 e. The lowest BCUT2D eigenvalue weighted by Gasteiger charge is -2.08. The van der Waals surface area contributed by atoms with Crippen LogP contribution >= 0.6 is 11.8 Å². The molecule has 1 heterocycles. The van der Waals surface area contributed by atoms with Gasteiger partial charge in [0.1, 0.15) is 11.4 Å². The summed E-state index contributed by atoms with van der Waals surface area (Å²) in [4.78, 5) is 29.1. The summed E-state index contributed by atoms with van der Waals surface area (Å²) < 4.78 is 0. The van der Waals surface area contributed by atoms with Crippen LogP contribution in [0.4, 0.5) is 11.4 Å². The summed E-state index contributed by atoms with van der Waals surface area (Å²) in [5.74, 6) is -0.284. The normalized spacial score (nSPS) is 17.3. The Balaban J connectivity index is 1.97. The van der Waals surface area contributed by atoms with Crippen molar-refractivity contribution in [3.63, 3.8) is 0 Å². The van der Waals surface area contributed by atoms with Crippen LogP contribution in [0.25, 0.3) is 6.08 Å². The van der Waals surface area contributed by atoms with Gasteiger partial charge < -0.3 is 5.11 Å². The van der Waals surface area contributed by atoms with Crippen LogP contribution in [0, 0.1) is 17.0 Å². The molecule has 1 aliphatic rings. The van der Waals surface area contributed by atoms with Gasteiger partial charge >= 0.3 is 0 Å². The van der Waals surface area contributed by atoms with Gasteiger partial charge in [0.2, 0.25) is 0 Å². The number of nitrogens with zero attached hydrogens (tertiary/aromatic N) is 3. The van der Waals surface area contributed by atoms with Crippen LogP contribution in [0.2, 0.25) is 0 Å². The Bertz CT molecular complexity index is 969. The van der Waals surface area contributed by atoms with Crippen molar-refractivity contribution in [1.82, 2.24) is 4.90 Å². The van der Waals surface area contributed by atoms with E-state index in [1.165, 1.54) is 17.0 Å². The highest BCUT2D eigenvalue weighted by atomic mass is 32.2. The Kier molecular flexibility index (Phi) is 4.77. The van der Waals surface area contributed by atoms with E-state index in [9.17, 15) is 20.0 Å². The molecule has 1 N–H and O–H groups in total. The van der Waals surface area contributed by atoms with E-state index in [-0.39, 0.29) is 17.3 Å². The van der Waals surface area contributed by atoms with Crippen molar-refractivity contribution in [2.45, 2.75) is 6.92 Å². The predicted octanol–water partition coefficient (Wildman–Crippen LogP) is 3.84. The summed E-state index contributed by atoms with van der Waals surface area (Å²) in [6.45, 7) is 1.85. The number of para-hydroxylation sites is 1. The first-order chi connectivity index (χ1) is 12.4.